The van der Waals surface area contributed by atoms with Gasteiger partial charge in [-0.3, -0.25) is 0 Å². The van der Waals surface area contributed by atoms with Crippen molar-refractivity contribution in [2.24, 2.45) is 0 Å². The Morgan fingerprint density at radius 1 is 1.47 bits per heavy atom. The molecule has 1 fully saturated rings. The van der Waals surface area contributed by atoms with Crippen molar-refractivity contribution in [1.82, 2.24) is 15.5 Å². The molecule has 0 saturated carbocycles. The summed E-state index contributed by atoms with van der Waals surface area (Å²) in [7, 11) is 0. The number of rotatable bonds is 4. The number of nitrogens with zero attached hydrogens (tertiary/aromatic N) is 1. The molecule has 1 heterocycles. The average Bonchev–Trinajstić information content (AvgIpc) is 2.26. The number of nitrogens with one attached hydrogen (secondary N) is 2. The van der Waals surface area contributed by atoms with Crippen LogP contribution in [-0.4, -0.2) is 43.2 Å². The molecule has 1 aliphatic heterocycles. The first kappa shape index (κ1) is 12.3. The molecule has 15 heavy (non-hydrogen) atoms. The van der Waals surface area contributed by atoms with Crippen molar-refractivity contribution in [3.8, 4) is 0 Å². The predicted octanol–water partition coefficient (Wildman–Crippen LogP) is 1.18. The third kappa shape index (κ3) is 4.51. The fourth-order valence-corrected chi connectivity index (χ4v) is 1.94. The Morgan fingerprint density at radius 3 is 2.93 bits per heavy atom. The summed E-state index contributed by atoms with van der Waals surface area (Å²) in [5.74, 6) is 0. The lowest BCUT2D eigenvalue weighted by molar-refractivity contribution is 0.192. The predicted molar refractivity (Wildman–Crippen MR) is 62.0 cm³/mol. The number of hydrogen-bond acceptors (Lipinski definition) is 2. The van der Waals surface area contributed by atoms with E-state index in [0.29, 0.717) is 6.04 Å². The molecule has 0 spiro atoms. The summed E-state index contributed by atoms with van der Waals surface area (Å²) in [5, 5.41) is 5.87. The van der Waals surface area contributed by atoms with E-state index in [1.807, 2.05) is 0 Å². The minimum absolute atomic E-state index is 0.0141. The fourth-order valence-electron chi connectivity index (χ4n) is 1.94. The summed E-state index contributed by atoms with van der Waals surface area (Å²) in [4.78, 5) is 13.8. The van der Waals surface area contributed by atoms with Crippen molar-refractivity contribution in [2.45, 2.75) is 39.2 Å². The minimum atomic E-state index is -0.0141. The molecule has 1 saturated heterocycles. The quantitative estimate of drug-likeness (QED) is 0.736. The van der Waals surface area contributed by atoms with Gasteiger partial charge in [0.15, 0.2) is 0 Å². The third-order valence-electron chi connectivity index (χ3n) is 2.82. The topological polar surface area (TPSA) is 44.4 Å². The van der Waals surface area contributed by atoms with E-state index < -0.39 is 0 Å². The summed E-state index contributed by atoms with van der Waals surface area (Å²) in [6.07, 6.45) is 3.28. The van der Waals surface area contributed by atoms with Crippen LogP contribution in [0.2, 0.25) is 0 Å². The Kier molecular flexibility index (Phi) is 5.47. The highest BCUT2D eigenvalue weighted by Crippen LogP contribution is 2.09. The fraction of sp³-hybridized carbons (Fsp3) is 0.909. The maximum atomic E-state index is 11.4. The van der Waals surface area contributed by atoms with Crippen LogP contribution in [0, 0.1) is 0 Å². The number of carbonyl (C=O) groups is 1. The van der Waals surface area contributed by atoms with Gasteiger partial charge in [0.25, 0.3) is 0 Å². The second-order valence-electron chi connectivity index (χ2n) is 4.13. The van der Waals surface area contributed by atoms with E-state index in [2.05, 4.69) is 29.4 Å². The second-order valence-corrected chi connectivity index (χ2v) is 4.13. The summed E-state index contributed by atoms with van der Waals surface area (Å²) in [5.41, 5.74) is 0. The van der Waals surface area contributed by atoms with Crippen LogP contribution in [0.1, 0.15) is 33.1 Å². The van der Waals surface area contributed by atoms with Gasteiger partial charge in [-0.05, 0) is 32.4 Å². The summed E-state index contributed by atoms with van der Waals surface area (Å²) in [6.45, 7) is 8.23. The number of likely N-dealkylation sites (N-methyl/N-ethyl adjacent to an activating group) is 1. The highest BCUT2D eigenvalue weighted by Gasteiger charge is 2.19. The number of piperidine rings is 1. The molecule has 1 aliphatic rings. The average molecular weight is 213 g/mol. The van der Waals surface area contributed by atoms with Crippen LogP contribution in [-0.2, 0) is 0 Å². The van der Waals surface area contributed by atoms with Gasteiger partial charge in [0.1, 0.15) is 0 Å². The maximum absolute atomic E-state index is 11.4. The lowest BCUT2D eigenvalue weighted by Crippen LogP contribution is -2.50. The molecule has 0 aromatic heterocycles. The molecule has 2 amide bonds. The molecular weight excluding hydrogens is 190 g/mol. The van der Waals surface area contributed by atoms with Crippen LogP contribution in [0.5, 0.6) is 0 Å². The lowest BCUT2D eigenvalue weighted by atomic mass is 10.1. The number of hydrogen-bond donors (Lipinski definition) is 2. The van der Waals surface area contributed by atoms with Gasteiger partial charge >= 0.3 is 6.03 Å². The van der Waals surface area contributed by atoms with E-state index in [1.165, 1.54) is 13.0 Å². The Morgan fingerprint density at radius 2 is 2.27 bits per heavy atom. The molecule has 0 aromatic rings. The molecule has 1 unspecified atom stereocenters. The SMILES string of the molecule is CCCNC(=O)NC1CCCN(CC)C1. The van der Waals surface area contributed by atoms with Crippen molar-refractivity contribution >= 4 is 6.03 Å². The number of amides is 2. The maximum Gasteiger partial charge on any atom is 0.315 e. The molecule has 88 valence electrons. The first-order chi connectivity index (χ1) is 7.26. The smallest absolute Gasteiger partial charge is 0.315 e. The molecule has 1 atom stereocenters. The largest absolute Gasteiger partial charge is 0.338 e. The van der Waals surface area contributed by atoms with E-state index >= 15 is 0 Å². The van der Waals surface area contributed by atoms with Crippen molar-refractivity contribution in [3.63, 3.8) is 0 Å². The molecule has 4 heteroatoms. The Balaban J connectivity index is 2.22. The zero-order valence-electron chi connectivity index (χ0n) is 9.88. The van der Waals surface area contributed by atoms with Crippen LogP contribution in [0.4, 0.5) is 4.79 Å². The van der Waals surface area contributed by atoms with Gasteiger partial charge in [-0.25, -0.2) is 4.79 Å². The van der Waals surface area contributed by atoms with E-state index in [4.69, 9.17) is 0 Å². The summed E-state index contributed by atoms with van der Waals surface area (Å²) >= 11 is 0. The van der Waals surface area contributed by atoms with Gasteiger partial charge in [0, 0.05) is 19.1 Å². The van der Waals surface area contributed by atoms with Crippen molar-refractivity contribution < 1.29 is 4.79 Å². The first-order valence-corrected chi connectivity index (χ1v) is 6.03. The van der Waals surface area contributed by atoms with Crippen LogP contribution in [0.3, 0.4) is 0 Å². The molecular formula is C11H23N3O. The molecule has 4 nitrogen and oxygen atoms in total. The molecule has 0 radical (unpaired) electrons. The van der Waals surface area contributed by atoms with Crippen molar-refractivity contribution in [3.05, 3.63) is 0 Å². The molecule has 0 bridgehead atoms. The number of urea groups is 1. The van der Waals surface area contributed by atoms with Crippen LogP contribution < -0.4 is 10.6 Å². The van der Waals surface area contributed by atoms with Crippen LogP contribution >= 0.6 is 0 Å². The number of carbonyl (C=O) groups excluding carboxylic acids is 1. The van der Waals surface area contributed by atoms with Gasteiger partial charge in [-0.15, -0.1) is 0 Å². The van der Waals surface area contributed by atoms with Gasteiger partial charge in [-0.2, -0.15) is 0 Å². The highest BCUT2D eigenvalue weighted by molar-refractivity contribution is 5.74. The zero-order chi connectivity index (χ0) is 11.1. The Bertz CT molecular complexity index is 196. The highest BCUT2D eigenvalue weighted by atomic mass is 16.2. The third-order valence-corrected chi connectivity index (χ3v) is 2.82. The standard InChI is InChI=1S/C11H23N3O/c1-3-7-12-11(15)13-10-6-5-8-14(4-2)9-10/h10H,3-9H2,1-2H3,(H2,12,13,15). The first-order valence-electron chi connectivity index (χ1n) is 6.03. The van der Waals surface area contributed by atoms with E-state index in [9.17, 15) is 4.79 Å². The molecule has 0 aliphatic carbocycles. The van der Waals surface area contributed by atoms with E-state index in [0.717, 1.165) is 32.5 Å². The van der Waals surface area contributed by atoms with Crippen molar-refractivity contribution in [1.29, 1.82) is 0 Å². The van der Waals surface area contributed by atoms with Gasteiger partial charge in [0.2, 0.25) is 0 Å². The second kappa shape index (κ2) is 6.67. The summed E-state index contributed by atoms with van der Waals surface area (Å²) in [6, 6.07) is 0.315. The summed E-state index contributed by atoms with van der Waals surface area (Å²) < 4.78 is 0. The number of likely N-dealkylation sites (tertiary alicyclic amines) is 1. The molecule has 0 aromatic carbocycles. The molecule has 1 rings (SSSR count). The Hall–Kier alpha value is -0.770. The van der Waals surface area contributed by atoms with Crippen molar-refractivity contribution in [2.75, 3.05) is 26.2 Å². The molecule has 2 N–H and O–H groups in total. The van der Waals surface area contributed by atoms with E-state index in [1.54, 1.807) is 0 Å². The normalized spacial score (nSPS) is 22.4. The lowest BCUT2D eigenvalue weighted by Gasteiger charge is -2.32. The Labute approximate surface area is 92.4 Å². The van der Waals surface area contributed by atoms with E-state index in [-0.39, 0.29) is 6.03 Å². The monoisotopic (exact) mass is 213 g/mol. The van der Waals surface area contributed by atoms with Gasteiger partial charge < -0.3 is 15.5 Å². The zero-order valence-corrected chi connectivity index (χ0v) is 9.88. The minimum Gasteiger partial charge on any atom is -0.338 e. The van der Waals surface area contributed by atoms with Gasteiger partial charge in [-0.1, -0.05) is 13.8 Å². The van der Waals surface area contributed by atoms with Gasteiger partial charge in [0.05, 0.1) is 0 Å². The van der Waals surface area contributed by atoms with Crippen LogP contribution in [0.25, 0.3) is 0 Å². The van der Waals surface area contributed by atoms with Crippen LogP contribution in [0.15, 0.2) is 0 Å².